The predicted octanol–water partition coefficient (Wildman–Crippen LogP) is 3.01. The maximum atomic E-state index is 13.9. The van der Waals surface area contributed by atoms with E-state index < -0.39 is 35.0 Å². The zero-order valence-corrected chi connectivity index (χ0v) is 23.4. The van der Waals surface area contributed by atoms with Crippen molar-refractivity contribution < 1.29 is 46.9 Å². The van der Waals surface area contributed by atoms with E-state index in [0.717, 1.165) is 35.4 Å². The molecule has 0 aromatic heterocycles. The summed E-state index contributed by atoms with van der Waals surface area (Å²) in [6.45, 7) is 1.26. The van der Waals surface area contributed by atoms with Crippen LogP contribution in [-0.2, 0) is 27.7 Å². The van der Waals surface area contributed by atoms with Gasteiger partial charge in [-0.15, -0.1) is 0 Å². The molecule has 2 N–H and O–H groups in total. The monoisotopic (exact) mass is 587 g/mol. The average Bonchev–Trinajstić information content (AvgIpc) is 3.41. The normalized spacial score (nSPS) is 40.9. The van der Waals surface area contributed by atoms with Crippen molar-refractivity contribution in [3.05, 3.63) is 53.1 Å². The lowest BCUT2D eigenvalue weighted by Crippen LogP contribution is -2.79. The molecule has 1 amide bonds. The molecule has 2 aromatic rings. The zero-order chi connectivity index (χ0) is 29.4. The molecular weight excluding hydrogens is 553 g/mol. The van der Waals surface area contributed by atoms with Crippen LogP contribution in [0.3, 0.4) is 0 Å². The molecule has 9 atom stereocenters. The molecule has 42 heavy (non-hydrogen) atoms. The minimum atomic E-state index is -4.43. The second-order valence-electron chi connectivity index (χ2n) is 13.2. The molecule has 1 aliphatic carbocycles. The van der Waals surface area contributed by atoms with Crippen LogP contribution in [0.1, 0.15) is 36.0 Å². The van der Waals surface area contributed by atoms with E-state index >= 15 is 0 Å². The number of nitrogens with zero attached hydrogens (tertiary/aromatic N) is 2. The van der Waals surface area contributed by atoms with E-state index in [4.69, 9.17) is 14.2 Å². The van der Waals surface area contributed by atoms with Gasteiger partial charge in [0.05, 0.1) is 62.6 Å². The van der Waals surface area contributed by atoms with Gasteiger partial charge in [-0.1, -0.05) is 12.1 Å². The van der Waals surface area contributed by atoms with E-state index in [-0.39, 0.29) is 49.4 Å². The van der Waals surface area contributed by atoms with Gasteiger partial charge in [-0.05, 0) is 23.8 Å². The molecule has 0 radical (unpaired) electrons. The Balaban J connectivity index is 1.33. The Morgan fingerprint density at radius 1 is 1.14 bits per heavy atom. The van der Waals surface area contributed by atoms with E-state index in [9.17, 15) is 28.2 Å². The van der Waals surface area contributed by atoms with Gasteiger partial charge in [0.15, 0.2) is 11.5 Å². The highest BCUT2D eigenvalue weighted by molar-refractivity contribution is 5.99. The fraction of sp³-hybridized carbons (Fsp3) is 0.581. The maximum absolute atomic E-state index is 13.9. The van der Waals surface area contributed by atoms with E-state index in [1.54, 1.807) is 14.2 Å². The maximum Gasteiger partial charge on any atom is 0.416 e. The number of hydrogen-bond acceptors (Lipinski definition) is 6. The highest BCUT2D eigenvalue weighted by Gasteiger charge is 2.80. The van der Waals surface area contributed by atoms with E-state index in [1.807, 2.05) is 17.0 Å². The van der Waals surface area contributed by atoms with Crippen LogP contribution >= 0.6 is 0 Å². The second kappa shape index (κ2) is 8.40. The summed E-state index contributed by atoms with van der Waals surface area (Å²) in [5.41, 5.74) is -0.0954. The highest BCUT2D eigenvalue weighted by Crippen LogP contribution is 2.69. The van der Waals surface area contributed by atoms with Crippen molar-refractivity contribution in [1.29, 1.82) is 0 Å². The molecule has 1 spiro atoms. The fourth-order valence-corrected chi connectivity index (χ4v) is 10.2. The van der Waals surface area contributed by atoms with E-state index in [1.165, 1.54) is 12.1 Å². The lowest BCUT2D eigenvalue weighted by atomic mass is 9.50. The summed E-state index contributed by atoms with van der Waals surface area (Å²) in [5.74, 6) is 0.561. The molecule has 224 valence electrons. The number of ether oxygens (including phenoxy) is 3. The highest BCUT2D eigenvalue weighted by atomic mass is 19.4. The van der Waals surface area contributed by atoms with Crippen molar-refractivity contribution in [2.75, 3.05) is 38.8 Å². The lowest BCUT2D eigenvalue weighted by Gasteiger charge is -2.63. The van der Waals surface area contributed by atoms with Crippen LogP contribution in [0.5, 0.6) is 11.5 Å². The Kier molecular flexibility index (Phi) is 5.35. The van der Waals surface area contributed by atoms with E-state index in [0.29, 0.717) is 35.5 Å². The molecule has 2 bridgehead atoms. The number of hydrogen-bond donors (Lipinski definition) is 2. The van der Waals surface area contributed by atoms with Crippen LogP contribution in [0.2, 0.25) is 0 Å². The minimum Gasteiger partial charge on any atom is -0.493 e. The predicted molar refractivity (Wildman–Crippen MR) is 143 cm³/mol. The molecule has 8 rings (SSSR count). The summed E-state index contributed by atoms with van der Waals surface area (Å²) in [4.78, 5) is 15.8. The molecule has 6 aliphatic rings. The number of piperidine rings is 2. The number of methoxy groups -OCH3 is 2. The Morgan fingerprint density at radius 2 is 1.86 bits per heavy atom. The van der Waals surface area contributed by atoms with Crippen LogP contribution in [-0.4, -0.2) is 84.4 Å². The number of alkyl halides is 3. The summed E-state index contributed by atoms with van der Waals surface area (Å²) in [5, 5.41) is 23.8. The smallest absolute Gasteiger partial charge is 0.416 e. The number of fused-ring (bicyclic) bond motifs is 2. The number of quaternary nitrogens is 1. The molecule has 5 fully saturated rings. The van der Waals surface area contributed by atoms with Gasteiger partial charge in [-0.3, -0.25) is 4.79 Å². The van der Waals surface area contributed by atoms with Gasteiger partial charge in [0.25, 0.3) is 0 Å². The first-order chi connectivity index (χ1) is 20.0. The number of amides is 1. The molecule has 8 nitrogen and oxygen atoms in total. The Morgan fingerprint density at radius 3 is 2.55 bits per heavy atom. The lowest BCUT2D eigenvalue weighted by molar-refractivity contribution is -0.968. The molecule has 5 heterocycles. The minimum absolute atomic E-state index is 0.0370. The third kappa shape index (κ3) is 3.15. The van der Waals surface area contributed by atoms with Gasteiger partial charge < -0.3 is 33.8 Å². The second-order valence-corrected chi connectivity index (χ2v) is 13.2. The van der Waals surface area contributed by atoms with Gasteiger partial charge in [-0.25, -0.2) is 0 Å². The quantitative estimate of drug-likeness (QED) is 0.535. The molecule has 2 aromatic carbocycles. The third-order valence-electron chi connectivity index (χ3n) is 11.7. The molecule has 5 aliphatic heterocycles. The number of benzene rings is 2. The van der Waals surface area contributed by atoms with Gasteiger partial charge in [0, 0.05) is 36.3 Å². The summed E-state index contributed by atoms with van der Waals surface area (Å²) >= 11 is 0. The zero-order valence-electron chi connectivity index (χ0n) is 23.4. The number of rotatable bonds is 4. The number of halogens is 3. The standard InChI is InChI=1S/C31H34F3N2O6/c1-40-21-9-18-20(11-22(21)41-2)35-26(38)12-23-27-19-10-24-29(18,28(27)35)7-8-36(24,15-30(19,39)25(37)14-42-23)13-16-3-5-17(6-4-16)31(32,33)34/h3-6,9,11,19,23-25,27-28,37,39H,7-8,10,12-15H2,1-2H3/q+1/t19-,23+,24?,25-,27+,28+,29?,30?,36?/m1/s1. The first-order valence-corrected chi connectivity index (χ1v) is 14.6. The first kappa shape index (κ1) is 26.7. The number of carbonyl (C=O) groups is 1. The Bertz CT molecular complexity index is 1480. The largest absolute Gasteiger partial charge is 0.493 e. The number of carbonyl (C=O) groups excluding carboxylic acids is 1. The average molecular weight is 588 g/mol. The van der Waals surface area contributed by atoms with Crippen molar-refractivity contribution in [2.24, 2.45) is 11.8 Å². The van der Waals surface area contributed by atoms with Crippen molar-refractivity contribution >= 4 is 11.6 Å². The van der Waals surface area contributed by atoms with Crippen LogP contribution in [0, 0.1) is 11.8 Å². The third-order valence-corrected chi connectivity index (χ3v) is 11.7. The summed E-state index contributed by atoms with van der Waals surface area (Å²) in [7, 11) is 3.15. The summed E-state index contributed by atoms with van der Waals surface area (Å²) in [6.07, 6.45) is -4.49. The topological polar surface area (TPSA) is 88.5 Å². The van der Waals surface area contributed by atoms with Crippen molar-refractivity contribution in [3.8, 4) is 11.5 Å². The van der Waals surface area contributed by atoms with Gasteiger partial charge in [0.2, 0.25) is 5.91 Å². The van der Waals surface area contributed by atoms with Crippen molar-refractivity contribution in [2.45, 2.75) is 67.3 Å². The summed E-state index contributed by atoms with van der Waals surface area (Å²) in [6, 6.07) is 8.83. The Labute approximate surface area is 241 Å². The van der Waals surface area contributed by atoms with Crippen molar-refractivity contribution in [3.63, 3.8) is 0 Å². The van der Waals surface area contributed by atoms with Crippen LogP contribution in [0.25, 0.3) is 0 Å². The summed E-state index contributed by atoms with van der Waals surface area (Å²) < 4.78 is 58.0. The SMILES string of the molecule is COc1cc2c(cc1OC)C13CC[N+]4(Cc5ccc(C(F)(F)F)cc5)CC5(O)[C@H](O)CO[C@H]6CC(=O)N2[C@H]1[C@H]6[C@H]5CC34. The van der Waals surface area contributed by atoms with Gasteiger partial charge in [-0.2, -0.15) is 13.2 Å². The van der Waals surface area contributed by atoms with Gasteiger partial charge >= 0.3 is 6.18 Å². The first-order valence-electron chi connectivity index (χ1n) is 14.6. The van der Waals surface area contributed by atoms with Crippen molar-refractivity contribution in [1.82, 2.24) is 0 Å². The molecule has 4 unspecified atom stereocenters. The van der Waals surface area contributed by atoms with Crippen LogP contribution < -0.4 is 14.4 Å². The van der Waals surface area contributed by atoms with E-state index in [2.05, 4.69) is 0 Å². The fourth-order valence-electron chi connectivity index (χ4n) is 10.2. The number of anilines is 1. The molecule has 11 heteroatoms. The molecule has 4 saturated heterocycles. The van der Waals surface area contributed by atoms with Crippen LogP contribution in [0.15, 0.2) is 36.4 Å². The number of aliphatic hydroxyl groups is 2. The number of aliphatic hydroxyl groups excluding tert-OH is 1. The van der Waals surface area contributed by atoms with Gasteiger partial charge in [0.1, 0.15) is 30.8 Å². The Hall–Kier alpha value is -2.86. The molecule has 1 saturated carbocycles. The van der Waals surface area contributed by atoms with Crippen LogP contribution in [0.4, 0.5) is 18.9 Å². The molecular formula is C31H34F3N2O6+.